The second-order valence-corrected chi connectivity index (χ2v) is 8.31. The van der Waals surface area contributed by atoms with Crippen molar-refractivity contribution in [2.45, 2.75) is 70.9 Å². The number of nitrogens with zero attached hydrogens (tertiary/aromatic N) is 3. The van der Waals surface area contributed by atoms with Crippen LogP contribution in [0.2, 0.25) is 0 Å². The van der Waals surface area contributed by atoms with Crippen LogP contribution in [0, 0.1) is 0 Å². The number of carbonyl (C=O) groups excluding carboxylic acids is 2. The number of ether oxygens (including phenoxy) is 1. The van der Waals surface area contributed by atoms with Gasteiger partial charge in [-0.25, -0.2) is 9.78 Å². The molecule has 0 unspecified atom stereocenters. The van der Waals surface area contributed by atoms with E-state index in [2.05, 4.69) is 4.98 Å². The van der Waals surface area contributed by atoms with Crippen LogP contribution in [0.25, 0.3) is 10.9 Å². The van der Waals surface area contributed by atoms with Crippen molar-refractivity contribution >= 4 is 22.8 Å². The number of likely N-dealkylation sites (tertiary alicyclic amines) is 1. The molecule has 0 bridgehead atoms. The number of amides is 1. The smallest absolute Gasteiger partial charge is 0.338 e. The molecule has 1 aromatic heterocycles. The average Bonchev–Trinajstić information content (AvgIpc) is 3.16. The molecule has 2 aromatic rings. The molecule has 0 radical (unpaired) electrons. The molecule has 1 atom stereocenters. The maximum absolute atomic E-state index is 12.8. The Balaban J connectivity index is 1.53. The minimum atomic E-state index is -0.836. The van der Waals surface area contributed by atoms with Gasteiger partial charge in [0.05, 0.1) is 16.5 Å². The molecule has 1 amide bonds. The van der Waals surface area contributed by atoms with Gasteiger partial charge in [-0.05, 0) is 50.8 Å². The van der Waals surface area contributed by atoms with Crippen LogP contribution in [-0.4, -0.2) is 45.5 Å². The van der Waals surface area contributed by atoms with E-state index in [0.717, 1.165) is 70.3 Å². The minimum Gasteiger partial charge on any atom is -0.449 e. The van der Waals surface area contributed by atoms with Crippen LogP contribution >= 0.6 is 0 Å². The van der Waals surface area contributed by atoms with Crippen LogP contribution in [-0.2, 0) is 22.5 Å². The van der Waals surface area contributed by atoms with E-state index in [0.29, 0.717) is 23.0 Å². The summed E-state index contributed by atoms with van der Waals surface area (Å²) in [6.45, 7) is 3.75. The summed E-state index contributed by atoms with van der Waals surface area (Å²) in [6.07, 6.45) is 7.24. The Morgan fingerprint density at radius 2 is 1.70 bits per heavy atom. The zero-order valence-corrected chi connectivity index (χ0v) is 17.6. The third kappa shape index (κ3) is 4.25. The second-order valence-electron chi connectivity index (χ2n) is 8.31. The van der Waals surface area contributed by atoms with Gasteiger partial charge >= 0.3 is 5.97 Å². The Bertz CT molecular complexity index is 1010. The second kappa shape index (κ2) is 8.98. The lowest BCUT2D eigenvalue weighted by molar-refractivity contribution is -0.139. The van der Waals surface area contributed by atoms with Crippen LogP contribution in [0.1, 0.15) is 68.1 Å². The van der Waals surface area contributed by atoms with E-state index in [1.54, 1.807) is 34.6 Å². The summed E-state index contributed by atoms with van der Waals surface area (Å²) >= 11 is 0. The first kappa shape index (κ1) is 20.6. The van der Waals surface area contributed by atoms with Crippen molar-refractivity contribution in [3.05, 3.63) is 39.9 Å². The highest BCUT2D eigenvalue weighted by molar-refractivity contribution is 5.95. The van der Waals surface area contributed by atoms with Gasteiger partial charge in [0.25, 0.3) is 11.5 Å². The number of rotatable bonds is 3. The summed E-state index contributed by atoms with van der Waals surface area (Å²) in [5, 5.41) is 0.505. The quantitative estimate of drug-likeness (QED) is 0.725. The van der Waals surface area contributed by atoms with Crippen molar-refractivity contribution in [3.63, 3.8) is 0 Å². The molecule has 1 aromatic carbocycles. The largest absolute Gasteiger partial charge is 0.449 e. The van der Waals surface area contributed by atoms with E-state index in [4.69, 9.17) is 4.74 Å². The fourth-order valence-electron chi connectivity index (χ4n) is 4.37. The maximum atomic E-state index is 12.8. The maximum Gasteiger partial charge on any atom is 0.338 e. The first-order chi connectivity index (χ1) is 14.5. The zero-order chi connectivity index (χ0) is 21.1. The lowest BCUT2D eigenvalue weighted by Crippen LogP contribution is -2.40. The topological polar surface area (TPSA) is 81.5 Å². The summed E-state index contributed by atoms with van der Waals surface area (Å²) in [6, 6.07) is 4.83. The van der Waals surface area contributed by atoms with Gasteiger partial charge < -0.3 is 9.64 Å². The average molecular weight is 412 g/mol. The van der Waals surface area contributed by atoms with Gasteiger partial charge in [-0.3, -0.25) is 14.2 Å². The van der Waals surface area contributed by atoms with Crippen LogP contribution in [0.5, 0.6) is 0 Å². The van der Waals surface area contributed by atoms with Gasteiger partial charge in [-0.2, -0.15) is 0 Å². The number of hydrogen-bond donors (Lipinski definition) is 0. The number of aromatic nitrogens is 2. The van der Waals surface area contributed by atoms with Crippen molar-refractivity contribution in [3.8, 4) is 0 Å². The van der Waals surface area contributed by atoms with E-state index in [9.17, 15) is 14.4 Å². The van der Waals surface area contributed by atoms with Gasteiger partial charge in [-0.1, -0.05) is 19.3 Å². The Hall–Kier alpha value is -2.70. The molecule has 30 heavy (non-hydrogen) atoms. The van der Waals surface area contributed by atoms with Crippen molar-refractivity contribution in [2.75, 3.05) is 13.1 Å². The molecular weight excluding hydrogens is 382 g/mol. The predicted octanol–water partition coefficient (Wildman–Crippen LogP) is 3.07. The molecular formula is C23H29N3O4. The van der Waals surface area contributed by atoms with Gasteiger partial charge in [-0.15, -0.1) is 0 Å². The van der Waals surface area contributed by atoms with Gasteiger partial charge in [0, 0.05) is 26.1 Å². The van der Waals surface area contributed by atoms with E-state index < -0.39 is 12.1 Å². The van der Waals surface area contributed by atoms with Crippen molar-refractivity contribution in [1.29, 1.82) is 0 Å². The highest BCUT2D eigenvalue weighted by Gasteiger charge is 2.25. The summed E-state index contributed by atoms with van der Waals surface area (Å²) in [5.74, 6) is 0.0670. The molecule has 4 rings (SSSR count). The highest BCUT2D eigenvalue weighted by atomic mass is 16.5. The number of aryl methyl sites for hydroxylation is 1. The summed E-state index contributed by atoms with van der Waals surface area (Å²) < 4.78 is 7.22. The molecule has 1 saturated heterocycles. The molecule has 3 heterocycles. The Labute approximate surface area is 176 Å². The van der Waals surface area contributed by atoms with Crippen LogP contribution in [0.4, 0.5) is 0 Å². The first-order valence-electron chi connectivity index (χ1n) is 11.1. The number of hydrogen-bond acceptors (Lipinski definition) is 5. The summed E-state index contributed by atoms with van der Waals surface area (Å²) in [5.41, 5.74) is 0.763. The van der Waals surface area contributed by atoms with E-state index >= 15 is 0 Å². The van der Waals surface area contributed by atoms with Crippen molar-refractivity contribution < 1.29 is 14.3 Å². The fourth-order valence-corrected chi connectivity index (χ4v) is 4.37. The molecule has 0 saturated carbocycles. The van der Waals surface area contributed by atoms with Crippen LogP contribution in [0.3, 0.4) is 0 Å². The molecule has 0 N–H and O–H groups in total. The fraction of sp³-hybridized carbons (Fsp3) is 0.565. The van der Waals surface area contributed by atoms with E-state index in [1.165, 1.54) is 0 Å². The third-order valence-corrected chi connectivity index (χ3v) is 6.10. The Morgan fingerprint density at radius 1 is 1.00 bits per heavy atom. The van der Waals surface area contributed by atoms with E-state index in [-0.39, 0.29) is 11.5 Å². The summed E-state index contributed by atoms with van der Waals surface area (Å²) in [7, 11) is 0. The molecule has 2 aliphatic rings. The minimum absolute atomic E-state index is 0.0541. The Morgan fingerprint density at radius 3 is 2.47 bits per heavy atom. The molecule has 7 nitrogen and oxygen atoms in total. The monoisotopic (exact) mass is 411 g/mol. The number of benzene rings is 1. The molecule has 0 spiro atoms. The van der Waals surface area contributed by atoms with Gasteiger partial charge in [0.2, 0.25) is 0 Å². The molecule has 7 heteroatoms. The predicted molar refractivity (Wildman–Crippen MR) is 113 cm³/mol. The highest BCUT2D eigenvalue weighted by Crippen LogP contribution is 2.18. The lowest BCUT2D eigenvalue weighted by atomic mass is 10.1. The Kier molecular flexibility index (Phi) is 6.16. The molecule has 1 fully saturated rings. The molecule has 2 aliphatic heterocycles. The first-order valence-corrected chi connectivity index (χ1v) is 11.1. The zero-order valence-electron chi connectivity index (χ0n) is 17.6. The van der Waals surface area contributed by atoms with Gasteiger partial charge in [0.1, 0.15) is 5.82 Å². The SMILES string of the molecule is C[C@H](OC(=O)c1ccc2c(=O)n3c(nc2c1)CCCCC3)C(=O)N1CCCCCC1. The number of fused-ring (bicyclic) bond motifs is 2. The standard InChI is InChI=1S/C23H29N3O4/c1-16(21(27)25-12-6-2-3-7-13-25)30-23(29)17-10-11-18-19(15-17)24-20-9-5-4-8-14-26(20)22(18)28/h10-11,15-16H,2-9,12-14H2,1H3/t16-/m0/s1. The summed E-state index contributed by atoms with van der Waals surface area (Å²) in [4.78, 5) is 44.6. The number of esters is 1. The normalized spacial score (nSPS) is 18.2. The molecule has 0 aliphatic carbocycles. The van der Waals surface area contributed by atoms with Gasteiger partial charge in [0.15, 0.2) is 6.10 Å². The number of carbonyl (C=O) groups is 2. The third-order valence-electron chi connectivity index (χ3n) is 6.10. The van der Waals surface area contributed by atoms with Crippen LogP contribution in [0.15, 0.2) is 23.0 Å². The van der Waals surface area contributed by atoms with E-state index in [1.807, 2.05) is 0 Å². The molecule has 160 valence electrons. The van der Waals surface area contributed by atoms with Crippen LogP contribution < -0.4 is 5.56 Å². The van der Waals surface area contributed by atoms with Crippen molar-refractivity contribution in [2.24, 2.45) is 0 Å². The lowest BCUT2D eigenvalue weighted by Gasteiger charge is -2.24. The van der Waals surface area contributed by atoms with Crippen molar-refractivity contribution in [1.82, 2.24) is 14.5 Å².